The number of ether oxygens (including phenoxy) is 2. The van der Waals surface area contributed by atoms with Crippen LogP contribution in [0.2, 0.25) is 0 Å². The average Bonchev–Trinajstić information content (AvgIpc) is 2.56. The number of benzene rings is 2. The van der Waals surface area contributed by atoms with Crippen molar-refractivity contribution in [3.8, 4) is 5.75 Å². The second kappa shape index (κ2) is 7.64. The number of anilines is 1. The molecule has 2 rings (SSSR count). The lowest BCUT2D eigenvalue weighted by Crippen LogP contribution is -2.30. The van der Waals surface area contributed by atoms with E-state index in [1.54, 1.807) is 31.2 Å². The van der Waals surface area contributed by atoms with E-state index in [9.17, 15) is 9.59 Å². The molecule has 0 bridgehead atoms. The predicted molar refractivity (Wildman–Crippen MR) is 92.4 cm³/mol. The number of carbonyl (C=O) groups excluding carboxylic acids is 2. The summed E-state index contributed by atoms with van der Waals surface area (Å²) in [6.45, 7) is 5.62. The Balaban J connectivity index is 2.05. The van der Waals surface area contributed by atoms with Crippen LogP contribution in [0.5, 0.6) is 5.75 Å². The first-order valence-electron chi connectivity index (χ1n) is 7.64. The van der Waals surface area contributed by atoms with Crippen LogP contribution in [0.15, 0.2) is 42.5 Å². The Bertz CT molecular complexity index is 755. The molecule has 0 aliphatic rings. The van der Waals surface area contributed by atoms with Crippen molar-refractivity contribution in [2.45, 2.75) is 26.9 Å². The lowest BCUT2D eigenvalue weighted by atomic mass is 10.1. The molecule has 0 aliphatic carbocycles. The monoisotopic (exact) mass is 327 g/mol. The second-order valence-corrected chi connectivity index (χ2v) is 5.59. The highest BCUT2D eigenvalue weighted by Gasteiger charge is 2.16. The van der Waals surface area contributed by atoms with E-state index >= 15 is 0 Å². The molecule has 0 unspecified atom stereocenters. The molecule has 0 radical (unpaired) electrons. The van der Waals surface area contributed by atoms with Gasteiger partial charge in [0.1, 0.15) is 5.75 Å². The van der Waals surface area contributed by atoms with E-state index < -0.39 is 12.1 Å². The Morgan fingerprint density at radius 1 is 1.08 bits per heavy atom. The molecular weight excluding hydrogens is 306 g/mol. The number of aryl methyl sites for hydroxylation is 2. The molecular formula is C19H21NO4. The molecule has 126 valence electrons. The van der Waals surface area contributed by atoms with Crippen molar-refractivity contribution in [1.82, 2.24) is 0 Å². The minimum Gasteiger partial charge on any atom is -0.481 e. The standard InChI is InChI=1S/C19H21NO4/c1-12-8-9-17(13(2)10-12)24-14(3)18(21)20-16-7-5-6-15(11-16)19(22)23-4/h5-11,14H,1-4H3,(H,20,21)/t14-/m0/s1. The Labute approximate surface area is 141 Å². The Morgan fingerprint density at radius 2 is 1.83 bits per heavy atom. The van der Waals surface area contributed by atoms with E-state index in [1.165, 1.54) is 7.11 Å². The largest absolute Gasteiger partial charge is 0.481 e. The number of carbonyl (C=O) groups is 2. The maximum absolute atomic E-state index is 12.3. The molecule has 1 N–H and O–H groups in total. The van der Waals surface area contributed by atoms with Gasteiger partial charge in [-0.25, -0.2) is 4.79 Å². The maximum atomic E-state index is 12.3. The molecule has 1 amide bonds. The topological polar surface area (TPSA) is 64.6 Å². The lowest BCUT2D eigenvalue weighted by molar-refractivity contribution is -0.122. The average molecular weight is 327 g/mol. The van der Waals surface area contributed by atoms with Gasteiger partial charge >= 0.3 is 5.97 Å². The zero-order valence-corrected chi connectivity index (χ0v) is 14.3. The fourth-order valence-electron chi connectivity index (χ4n) is 2.26. The van der Waals surface area contributed by atoms with Gasteiger partial charge in [0.15, 0.2) is 6.10 Å². The molecule has 0 saturated carbocycles. The van der Waals surface area contributed by atoms with Crippen molar-refractivity contribution >= 4 is 17.6 Å². The highest BCUT2D eigenvalue weighted by Crippen LogP contribution is 2.20. The van der Waals surface area contributed by atoms with Crippen molar-refractivity contribution in [3.63, 3.8) is 0 Å². The summed E-state index contributed by atoms with van der Waals surface area (Å²) in [5.41, 5.74) is 3.00. The molecule has 0 aliphatic heterocycles. The van der Waals surface area contributed by atoms with Gasteiger partial charge in [-0.2, -0.15) is 0 Å². The summed E-state index contributed by atoms with van der Waals surface area (Å²) in [5, 5.41) is 2.74. The molecule has 0 heterocycles. The van der Waals surface area contributed by atoms with Crippen LogP contribution in [0.25, 0.3) is 0 Å². The van der Waals surface area contributed by atoms with Gasteiger partial charge in [0.25, 0.3) is 5.91 Å². The van der Waals surface area contributed by atoms with Crippen LogP contribution in [0, 0.1) is 13.8 Å². The van der Waals surface area contributed by atoms with Gasteiger partial charge in [0, 0.05) is 5.69 Å². The highest BCUT2D eigenvalue weighted by molar-refractivity contribution is 5.96. The molecule has 1 atom stereocenters. The van der Waals surface area contributed by atoms with Crippen LogP contribution in [-0.4, -0.2) is 25.1 Å². The fraction of sp³-hybridized carbons (Fsp3) is 0.263. The number of esters is 1. The SMILES string of the molecule is COC(=O)c1cccc(NC(=O)[C@H](C)Oc2ccc(C)cc2C)c1. The highest BCUT2D eigenvalue weighted by atomic mass is 16.5. The van der Waals surface area contributed by atoms with Crippen LogP contribution in [0.4, 0.5) is 5.69 Å². The van der Waals surface area contributed by atoms with E-state index in [2.05, 4.69) is 10.1 Å². The molecule has 0 spiro atoms. The second-order valence-electron chi connectivity index (χ2n) is 5.59. The maximum Gasteiger partial charge on any atom is 0.337 e. The number of hydrogen-bond donors (Lipinski definition) is 1. The van der Waals surface area contributed by atoms with Crippen molar-refractivity contribution in [3.05, 3.63) is 59.2 Å². The number of rotatable bonds is 5. The molecule has 0 saturated heterocycles. The zero-order valence-electron chi connectivity index (χ0n) is 14.3. The van der Waals surface area contributed by atoms with Gasteiger partial charge in [-0.1, -0.05) is 23.8 Å². The Morgan fingerprint density at radius 3 is 2.50 bits per heavy atom. The molecule has 24 heavy (non-hydrogen) atoms. The molecule has 0 fully saturated rings. The van der Waals surface area contributed by atoms with E-state index in [0.717, 1.165) is 11.1 Å². The smallest absolute Gasteiger partial charge is 0.337 e. The van der Waals surface area contributed by atoms with Crippen LogP contribution in [0.1, 0.15) is 28.4 Å². The molecule has 0 aromatic heterocycles. The Kier molecular flexibility index (Phi) is 5.58. The summed E-state index contributed by atoms with van der Waals surface area (Å²) in [6, 6.07) is 12.4. The van der Waals surface area contributed by atoms with Crippen LogP contribution >= 0.6 is 0 Å². The van der Waals surface area contributed by atoms with Crippen molar-refractivity contribution in [1.29, 1.82) is 0 Å². The third-order valence-electron chi connectivity index (χ3n) is 3.55. The molecule has 2 aromatic rings. The summed E-state index contributed by atoms with van der Waals surface area (Å²) in [4.78, 5) is 23.8. The summed E-state index contributed by atoms with van der Waals surface area (Å²) in [6.07, 6.45) is -0.673. The van der Waals surface area contributed by atoms with Gasteiger partial charge in [0.2, 0.25) is 0 Å². The first kappa shape index (κ1) is 17.5. The van der Waals surface area contributed by atoms with Gasteiger partial charge in [-0.15, -0.1) is 0 Å². The van der Waals surface area contributed by atoms with Crippen LogP contribution in [0.3, 0.4) is 0 Å². The normalized spacial score (nSPS) is 11.5. The molecule has 5 heteroatoms. The quantitative estimate of drug-likeness (QED) is 0.854. The van der Waals surface area contributed by atoms with Gasteiger partial charge in [-0.3, -0.25) is 4.79 Å². The van der Waals surface area contributed by atoms with Crippen molar-refractivity contribution in [2.75, 3.05) is 12.4 Å². The third-order valence-corrected chi connectivity index (χ3v) is 3.55. The van der Waals surface area contributed by atoms with Crippen molar-refractivity contribution < 1.29 is 19.1 Å². The minimum atomic E-state index is -0.673. The summed E-state index contributed by atoms with van der Waals surface area (Å²) in [5.74, 6) is -0.0748. The van der Waals surface area contributed by atoms with E-state index in [4.69, 9.17) is 4.74 Å². The Hall–Kier alpha value is -2.82. The first-order valence-corrected chi connectivity index (χ1v) is 7.64. The van der Waals surface area contributed by atoms with Gasteiger partial charge in [0.05, 0.1) is 12.7 Å². The number of amides is 1. The van der Waals surface area contributed by atoms with Crippen LogP contribution in [-0.2, 0) is 9.53 Å². The van der Waals surface area contributed by atoms with E-state index in [0.29, 0.717) is 17.0 Å². The van der Waals surface area contributed by atoms with Gasteiger partial charge < -0.3 is 14.8 Å². The van der Waals surface area contributed by atoms with Gasteiger partial charge in [-0.05, 0) is 50.6 Å². The summed E-state index contributed by atoms with van der Waals surface area (Å²) < 4.78 is 10.4. The lowest BCUT2D eigenvalue weighted by Gasteiger charge is -2.16. The van der Waals surface area contributed by atoms with E-state index in [-0.39, 0.29) is 5.91 Å². The molecule has 2 aromatic carbocycles. The number of nitrogens with one attached hydrogen (secondary N) is 1. The predicted octanol–water partition coefficient (Wildman–Crippen LogP) is 3.50. The summed E-state index contributed by atoms with van der Waals surface area (Å²) in [7, 11) is 1.31. The van der Waals surface area contributed by atoms with Crippen molar-refractivity contribution in [2.24, 2.45) is 0 Å². The fourth-order valence-corrected chi connectivity index (χ4v) is 2.26. The van der Waals surface area contributed by atoms with Crippen LogP contribution < -0.4 is 10.1 Å². The number of hydrogen-bond acceptors (Lipinski definition) is 4. The number of methoxy groups -OCH3 is 1. The van der Waals surface area contributed by atoms with E-state index in [1.807, 2.05) is 32.0 Å². The zero-order chi connectivity index (χ0) is 17.7. The summed E-state index contributed by atoms with van der Waals surface area (Å²) >= 11 is 0. The minimum absolute atomic E-state index is 0.294. The third kappa shape index (κ3) is 4.35. The first-order chi connectivity index (χ1) is 11.4. The molecule has 5 nitrogen and oxygen atoms in total.